The number of aryl methyl sites for hydroxylation is 2. The van der Waals surface area contributed by atoms with E-state index in [-0.39, 0.29) is 5.78 Å². The Balaban J connectivity index is 2.06. The van der Waals surface area contributed by atoms with Gasteiger partial charge < -0.3 is 5.32 Å². The van der Waals surface area contributed by atoms with E-state index >= 15 is 0 Å². The second-order valence-electron chi connectivity index (χ2n) is 5.58. The predicted octanol–water partition coefficient (Wildman–Crippen LogP) is 3.18. The quantitative estimate of drug-likeness (QED) is 0.845. The van der Waals surface area contributed by atoms with Gasteiger partial charge in [0.15, 0.2) is 5.78 Å². The van der Waals surface area contributed by atoms with Crippen LogP contribution in [0.5, 0.6) is 0 Å². The molecule has 0 aliphatic carbocycles. The average Bonchev–Trinajstić information content (AvgIpc) is 2.45. The van der Waals surface area contributed by atoms with Crippen LogP contribution in [0.4, 0.5) is 0 Å². The van der Waals surface area contributed by atoms with Gasteiger partial charge in [0.25, 0.3) is 0 Å². The van der Waals surface area contributed by atoms with E-state index in [9.17, 15) is 4.79 Å². The van der Waals surface area contributed by atoms with Crippen molar-refractivity contribution in [3.63, 3.8) is 0 Å². The van der Waals surface area contributed by atoms with Gasteiger partial charge in [0.1, 0.15) is 0 Å². The Kier molecular flexibility index (Phi) is 3.41. The molecular weight excluding hydrogens is 246 g/mol. The van der Waals surface area contributed by atoms with Gasteiger partial charge in [-0.05, 0) is 50.1 Å². The number of hydrogen-bond donors (Lipinski definition) is 1. The molecule has 3 rings (SSSR count). The Morgan fingerprint density at radius 2 is 1.85 bits per heavy atom. The number of nitrogens with one attached hydrogen (secondary N) is 1. The standard InChI is InChI=1S/C18H19NO/c1-12-8-13(2)10-15(9-12)18(20)17-5-3-4-14-11-19-7-6-16(14)17/h3-5,8-10,19H,6-7,11H2,1-2H3. The predicted molar refractivity (Wildman–Crippen MR) is 81.2 cm³/mol. The van der Waals surface area contributed by atoms with E-state index in [0.29, 0.717) is 0 Å². The second kappa shape index (κ2) is 5.22. The minimum atomic E-state index is 0.149. The molecule has 1 aliphatic heterocycles. The summed E-state index contributed by atoms with van der Waals surface area (Å²) in [7, 11) is 0. The van der Waals surface area contributed by atoms with Crippen LogP contribution in [-0.4, -0.2) is 12.3 Å². The zero-order valence-electron chi connectivity index (χ0n) is 12.0. The smallest absolute Gasteiger partial charge is 0.193 e. The molecule has 0 unspecified atom stereocenters. The van der Waals surface area contributed by atoms with Crippen LogP contribution in [0.3, 0.4) is 0 Å². The lowest BCUT2D eigenvalue weighted by atomic mass is 9.90. The molecule has 1 heterocycles. The number of carbonyl (C=O) groups is 1. The number of carbonyl (C=O) groups excluding carboxylic acids is 1. The molecule has 0 amide bonds. The van der Waals surface area contributed by atoms with Crippen LogP contribution in [0.2, 0.25) is 0 Å². The van der Waals surface area contributed by atoms with Gasteiger partial charge in [-0.3, -0.25) is 4.79 Å². The summed E-state index contributed by atoms with van der Waals surface area (Å²) in [6.45, 7) is 5.88. The van der Waals surface area contributed by atoms with Crippen LogP contribution < -0.4 is 5.32 Å². The molecule has 0 bridgehead atoms. The lowest BCUT2D eigenvalue weighted by Crippen LogP contribution is -2.25. The Morgan fingerprint density at radius 3 is 2.60 bits per heavy atom. The summed E-state index contributed by atoms with van der Waals surface area (Å²) in [4.78, 5) is 12.8. The van der Waals surface area contributed by atoms with Gasteiger partial charge in [-0.15, -0.1) is 0 Å². The highest BCUT2D eigenvalue weighted by Crippen LogP contribution is 2.22. The van der Waals surface area contributed by atoms with E-state index in [4.69, 9.17) is 0 Å². The minimum Gasteiger partial charge on any atom is -0.312 e. The van der Waals surface area contributed by atoms with Crippen molar-refractivity contribution in [2.24, 2.45) is 0 Å². The normalized spacial score (nSPS) is 13.9. The van der Waals surface area contributed by atoms with Crippen molar-refractivity contribution in [2.75, 3.05) is 6.54 Å². The van der Waals surface area contributed by atoms with Gasteiger partial charge >= 0.3 is 0 Å². The van der Waals surface area contributed by atoms with Gasteiger partial charge in [-0.2, -0.15) is 0 Å². The van der Waals surface area contributed by atoms with Gasteiger partial charge in [0.2, 0.25) is 0 Å². The Labute approximate surface area is 119 Å². The highest BCUT2D eigenvalue weighted by Gasteiger charge is 2.18. The molecule has 0 saturated carbocycles. The summed E-state index contributed by atoms with van der Waals surface area (Å²) in [5.41, 5.74) is 6.42. The topological polar surface area (TPSA) is 29.1 Å². The van der Waals surface area contributed by atoms with E-state index < -0.39 is 0 Å². The summed E-state index contributed by atoms with van der Waals surface area (Å²) in [5.74, 6) is 0.149. The molecule has 0 aromatic heterocycles. The molecule has 102 valence electrons. The van der Waals surface area contributed by atoms with E-state index in [1.165, 1.54) is 11.1 Å². The fourth-order valence-corrected chi connectivity index (χ4v) is 3.01. The van der Waals surface area contributed by atoms with Crippen molar-refractivity contribution >= 4 is 5.78 Å². The summed E-state index contributed by atoms with van der Waals surface area (Å²) >= 11 is 0. The van der Waals surface area contributed by atoms with Gasteiger partial charge in [-0.25, -0.2) is 0 Å². The van der Waals surface area contributed by atoms with E-state index in [2.05, 4.69) is 17.4 Å². The molecule has 0 fully saturated rings. The minimum absolute atomic E-state index is 0.149. The maximum atomic E-state index is 12.8. The summed E-state index contributed by atoms with van der Waals surface area (Å²) in [6, 6.07) is 12.1. The third kappa shape index (κ3) is 2.39. The van der Waals surface area contributed by atoms with Gasteiger partial charge in [0.05, 0.1) is 0 Å². The van der Waals surface area contributed by atoms with Crippen molar-refractivity contribution in [3.05, 3.63) is 69.8 Å². The summed E-state index contributed by atoms with van der Waals surface area (Å²) in [6.07, 6.45) is 0.933. The first-order valence-corrected chi connectivity index (χ1v) is 7.09. The van der Waals surface area contributed by atoms with Crippen molar-refractivity contribution in [1.82, 2.24) is 5.32 Å². The Morgan fingerprint density at radius 1 is 1.10 bits per heavy atom. The molecular formula is C18H19NO. The monoisotopic (exact) mass is 265 g/mol. The lowest BCUT2D eigenvalue weighted by molar-refractivity contribution is 0.103. The zero-order valence-corrected chi connectivity index (χ0v) is 12.0. The third-order valence-corrected chi connectivity index (χ3v) is 3.87. The first-order chi connectivity index (χ1) is 9.65. The summed E-state index contributed by atoms with van der Waals surface area (Å²) < 4.78 is 0. The molecule has 0 atom stereocenters. The number of benzene rings is 2. The Bertz CT molecular complexity index is 653. The average molecular weight is 265 g/mol. The van der Waals surface area contributed by atoms with Crippen LogP contribution in [0.1, 0.15) is 38.2 Å². The molecule has 0 saturated heterocycles. The van der Waals surface area contributed by atoms with Gasteiger partial charge in [0, 0.05) is 17.7 Å². The van der Waals surface area contributed by atoms with Crippen molar-refractivity contribution < 1.29 is 4.79 Å². The molecule has 0 spiro atoms. The number of fused-ring (bicyclic) bond motifs is 1. The van der Waals surface area contributed by atoms with Crippen molar-refractivity contribution in [3.8, 4) is 0 Å². The molecule has 1 aliphatic rings. The third-order valence-electron chi connectivity index (χ3n) is 3.87. The highest BCUT2D eigenvalue weighted by atomic mass is 16.1. The first-order valence-electron chi connectivity index (χ1n) is 7.09. The van der Waals surface area contributed by atoms with Crippen molar-refractivity contribution in [2.45, 2.75) is 26.8 Å². The fraction of sp³-hybridized carbons (Fsp3) is 0.278. The van der Waals surface area contributed by atoms with Crippen molar-refractivity contribution in [1.29, 1.82) is 0 Å². The maximum Gasteiger partial charge on any atom is 0.193 e. The van der Waals surface area contributed by atoms with E-state index in [1.54, 1.807) is 0 Å². The number of rotatable bonds is 2. The molecule has 20 heavy (non-hydrogen) atoms. The fourth-order valence-electron chi connectivity index (χ4n) is 3.01. The molecule has 2 heteroatoms. The second-order valence-corrected chi connectivity index (χ2v) is 5.58. The first kappa shape index (κ1) is 13.1. The van der Waals surface area contributed by atoms with Crippen LogP contribution in [-0.2, 0) is 13.0 Å². The van der Waals surface area contributed by atoms with E-state index in [0.717, 1.165) is 41.8 Å². The molecule has 0 radical (unpaired) electrons. The van der Waals surface area contributed by atoms with Crippen LogP contribution in [0, 0.1) is 13.8 Å². The van der Waals surface area contributed by atoms with E-state index in [1.807, 2.05) is 38.1 Å². The van der Waals surface area contributed by atoms with Crippen LogP contribution >= 0.6 is 0 Å². The molecule has 2 nitrogen and oxygen atoms in total. The van der Waals surface area contributed by atoms with Crippen LogP contribution in [0.15, 0.2) is 36.4 Å². The van der Waals surface area contributed by atoms with Gasteiger partial charge in [-0.1, -0.05) is 35.4 Å². The lowest BCUT2D eigenvalue weighted by Gasteiger charge is -2.20. The highest BCUT2D eigenvalue weighted by molar-refractivity contribution is 6.10. The molecule has 2 aromatic rings. The number of ketones is 1. The SMILES string of the molecule is Cc1cc(C)cc(C(=O)c2cccc3c2CCNC3)c1. The largest absolute Gasteiger partial charge is 0.312 e. The maximum absolute atomic E-state index is 12.8. The Hall–Kier alpha value is -1.93. The van der Waals surface area contributed by atoms with Crippen LogP contribution in [0.25, 0.3) is 0 Å². The molecule has 1 N–H and O–H groups in total. The zero-order chi connectivity index (χ0) is 14.1. The summed E-state index contributed by atoms with van der Waals surface area (Å²) in [5, 5.41) is 3.35. The number of hydrogen-bond acceptors (Lipinski definition) is 2. The molecule has 2 aromatic carbocycles.